The summed E-state index contributed by atoms with van der Waals surface area (Å²) in [5, 5.41) is 17.8. The summed E-state index contributed by atoms with van der Waals surface area (Å²) in [6, 6.07) is -0.513. The average Bonchev–Trinajstić information content (AvgIpc) is 2.42. The summed E-state index contributed by atoms with van der Waals surface area (Å²) in [4.78, 5) is 44.0. The molecule has 9 nitrogen and oxygen atoms in total. The van der Waals surface area contributed by atoms with Gasteiger partial charge in [-0.1, -0.05) is 6.92 Å². The van der Waals surface area contributed by atoms with E-state index in [9.17, 15) is 19.2 Å². The van der Waals surface area contributed by atoms with Gasteiger partial charge in [0, 0.05) is 19.0 Å². The van der Waals surface area contributed by atoms with Gasteiger partial charge in [0.1, 0.15) is 6.54 Å². The molecule has 5 N–H and O–H groups in total. The molecule has 21 heavy (non-hydrogen) atoms. The number of carboxylic acids is 1. The summed E-state index contributed by atoms with van der Waals surface area (Å²) < 4.78 is 0. The fraction of sp³-hybridized carbons (Fsp3) is 0.667. The Labute approximate surface area is 122 Å². The highest BCUT2D eigenvalue weighted by atomic mass is 16.4. The van der Waals surface area contributed by atoms with Crippen molar-refractivity contribution in [2.75, 3.05) is 19.6 Å². The minimum Gasteiger partial charge on any atom is -0.480 e. The van der Waals surface area contributed by atoms with Crippen molar-refractivity contribution in [2.24, 2.45) is 0 Å². The van der Waals surface area contributed by atoms with E-state index in [2.05, 4.69) is 21.3 Å². The van der Waals surface area contributed by atoms with Gasteiger partial charge in [-0.25, -0.2) is 4.79 Å². The van der Waals surface area contributed by atoms with E-state index < -0.39 is 24.5 Å². The third-order valence-electron chi connectivity index (χ3n) is 2.50. The van der Waals surface area contributed by atoms with Gasteiger partial charge in [0.05, 0.1) is 6.54 Å². The maximum atomic E-state index is 11.4. The number of carbonyl (C=O) groups is 4. The first-order valence-corrected chi connectivity index (χ1v) is 6.64. The molecule has 0 aliphatic heterocycles. The van der Waals surface area contributed by atoms with E-state index in [0.717, 1.165) is 6.42 Å². The summed E-state index contributed by atoms with van der Waals surface area (Å²) in [7, 11) is 0. The smallest absolute Gasteiger partial charge is 0.322 e. The number of carboxylic acid groups (broad SMARTS) is 1. The molecule has 0 bridgehead atoms. The van der Waals surface area contributed by atoms with E-state index in [0.29, 0.717) is 0 Å². The molecule has 0 aromatic heterocycles. The number of urea groups is 1. The van der Waals surface area contributed by atoms with E-state index in [1.54, 1.807) is 0 Å². The van der Waals surface area contributed by atoms with Crippen LogP contribution in [0.4, 0.5) is 4.79 Å². The van der Waals surface area contributed by atoms with E-state index in [1.165, 1.54) is 0 Å². The van der Waals surface area contributed by atoms with Crippen LogP contribution in [-0.2, 0) is 14.4 Å². The number of rotatable bonds is 9. The van der Waals surface area contributed by atoms with Crippen LogP contribution in [0.25, 0.3) is 0 Å². The normalized spacial score (nSPS) is 11.1. The number of hydrogen-bond acceptors (Lipinski definition) is 4. The first-order valence-electron chi connectivity index (χ1n) is 6.64. The summed E-state index contributed by atoms with van der Waals surface area (Å²) in [6.45, 7) is 3.14. The maximum Gasteiger partial charge on any atom is 0.322 e. The van der Waals surface area contributed by atoms with Crippen LogP contribution >= 0.6 is 0 Å². The highest BCUT2D eigenvalue weighted by molar-refractivity contribution is 5.86. The zero-order valence-corrected chi connectivity index (χ0v) is 12.2. The highest BCUT2D eigenvalue weighted by Crippen LogP contribution is 1.88. The van der Waals surface area contributed by atoms with Crippen molar-refractivity contribution in [1.29, 1.82) is 0 Å². The number of nitrogens with one attached hydrogen (secondary N) is 4. The average molecular weight is 302 g/mol. The van der Waals surface area contributed by atoms with Crippen molar-refractivity contribution in [3.05, 3.63) is 0 Å². The third-order valence-corrected chi connectivity index (χ3v) is 2.50. The Kier molecular flexibility index (Phi) is 9.31. The molecule has 120 valence electrons. The van der Waals surface area contributed by atoms with Crippen LogP contribution in [0.1, 0.15) is 26.7 Å². The Morgan fingerprint density at radius 2 is 1.67 bits per heavy atom. The Bertz CT molecular complexity index is 386. The van der Waals surface area contributed by atoms with Crippen molar-refractivity contribution in [2.45, 2.75) is 32.7 Å². The van der Waals surface area contributed by atoms with Gasteiger partial charge >= 0.3 is 12.0 Å². The van der Waals surface area contributed by atoms with Crippen LogP contribution in [0, 0.1) is 0 Å². The van der Waals surface area contributed by atoms with Crippen molar-refractivity contribution in [1.82, 2.24) is 21.3 Å². The number of carbonyl (C=O) groups excluding carboxylic acids is 3. The largest absolute Gasteiger partial charge is 0.480 e. The predicted octanol–water partition coefficient (Wildman–Crippen LogP) is -1.21. The van der Waals surface area contributed by atoms with Crippen molar-refractivity contribution in [3.63, 3.8) is 0 Å². The van der Waals surface area contributed by atoms with E-state index in [1.807, 2.05) is 13.8 Å². The topological polar surface area (TPSA) is 137 Å². The zero-order chi connectivity index (χ0) is 16.3. The molecule has 0 saturated heterocycles. The number of hydrogen-bond donors (Lipinski definition) is 5. The van der Waals surface area contributed by atoms with E-state index >= 15 is 0 Å². The lowest BCUT2D eigenvalue weighted by atomic mass is 10.2. The van der Waals surface area contributed by atoms with Gasteiger partial charge in [0.15, 0.2) is 0 Å². The Morgan fingerprint density at radius 1 is 1.00 bits per heavy atom. The van der Waals surface area contributed by atoms with Gasteiger partial charge in [-0.2, -0.15) is 0 Å². The lowest BCUT2D eigenvalue weighted by molar-refractivity contribution is -0.137. The summed E-state index contributed by atoms with van der Waals surface area (Å²) in [6.07, 6.45) is 0.966. The first-order chi connectivity index (χ1) is 9.85. The Hall–Kier alpha value is -2.32. The molecule has 0 radical (unpaired) electrons. The Morgan fingerprint density at radius 3 is 2.24 bits per heavy atom. The minimum absolute atomic E-state index is 0.0873. The molecule has 0 aliphatic rings. The molecule has 9 heteroatoms. The Balaban J connectivity index is 3.69. The van der Waals surface area contributed by atoms with Crippen LogP contribution in [-0.4, -0.2) is 54.6 Å². The maximum absolute atomic E-state index is 11.4. The van der Waals surface area contributed by atoms with Crippen LogP contribution < -0.4 is 21.3 Å². The van der Waals surface area contributed by atoms with Gasteiger partial charge in [-0.3, -0.25) is 14.4 Å². The first kappa shape index (κ1) is 18.7. The lowest BCUT2D eigenvalue weighted by Gasteiger charge is -2.11. The fourth-order valence-electron chi connectivity index (χ4n) is 1.20. The molecule has 4 amide bonds. The predicted molar refractivity (Wildman–Crippen MR) is 74.6 cm³/mol. The molecule has 0 fully saturated rings. The van der Waals surface area contributed by atoms with Crippen molar-refractivity contribution >= 4 is 23.8 Å². The summed E-state index contributed by atoms with van der Waals surface area (Å²) >= 11 is 0. The standard InChI is InChI=1S/C12H22N4O5/c1-3-8(2)16-9(17)4-5-13-12(21)15-6-10(18)14-7-11(19)20/h8H,3-7H2,1-2H3,(H,14,18)(H,16,17)(H,19,20)(H2,13,15,21). The van der Waals surface area contributed by atoms with Crippen LogP contribution in [0.5, 0.6) is 0 Å². The van der Waals surface area contributed by atoms with Gasteiger partial charge in [0.25, 0.3) is 0 Å². The van der Waals surface area contributed by atoms with Crippen LogP contribution in [0.15, 0.2) is 0 Å². The number of aliphatic carboxylic acids is 1. The highest BCUT2D eigenvalue weighted by Gasteiger charge is 2.08. The van der Waals surface area contributed by atoms with Crippen LogP contribution in [0.3, 0.4) is 0 Å². The van der Waals surface area contributed by atoms with Crippen LogP contribution in [0.2, 0.25) is 0 Å². The molecule has 1 atom stereocenters. The molecular weight excluding hydrogens is 280 g/mol. The molecule has 0 saturated carbocycles. The van der Waals surface area contributed by atoms with Crippen molar-refractivity contribution in [3.8, 4) is 0 Å². The summed E-state index contributed by atoms with van der Waals surface area (Å²) in [5.41, 5.74) is 0. The molecule has 0 heterocycles. The molecule has 0 aromatic carbocycles. The molecule has 0 rings (SSSR count). The zero-order valence-electron chi connectivity index (χ0n) is 12.2. The molecule has 1 unspecified atom stereocenters. The fourth-order valence-corrected chi connectivity index (χ4v) is 1.20. The second kappa shape index (κ2) is 10.5. The van der Waals surface area contributed by atoms with E-state index in [-0.39, 0.29) is 31.5 Å². The van der Waals surface area contributed by atoms with E-state index in [4.69, 9.17) is 5.11 Å². The second-order valence-electron chi connectivity index (χ2n) is 4.41. The van der Waals surface area contributed by atoms with Gasteiger partial charge in [-0.05, 0) is 13.3 Å². The SMILES string of the molecule is CCC(C)NC(=O)CCNC(=O)NCC(=O)NCC(=O)O. The number of amides is 4. The van der Waals surface area contributed by atoms with Gasteiger partial charge in [-0.15, -0.1) is 0 Å². The third kappa shape index (κ3) is 11.2. The lowest BCUT2D eigenvalue weighted by Crippen LogP contribution is -2.44. The molecule has 0 spiro atoms. The molecular formula is C12H22N4O5. The molecule has 0 aliphatic carbocycles. The second-order valence-corrected chi connectivity index (χ2v) is 4.41. The van der Waals surface area contributed by atoms with Gasteiger partial charge < -0.3 is 26.4 Å². The minimum atomic E-state index is -1.17. The monoisotopic (exact) mass is 302 g/mol. The van der Waals surface area contributed by atoms with Crippen molar-refractivity contribution < 1.29 is 24.3 Å². The van der Waals surface area contributed by atoms with Gasteiger partial charge in [0.2, 0.25) is 11.8 Å². The molecule has 0 aromatic rings. The summed E-state index contributed by atoms with van der Waals surface area (Å²) in [5.74, 6) is -1.94. The quantitative estimate of drug-likeness (QED) is 0.364.